The zero-order valence-corrected chi connectivity index (χ0v) is 13.1. The molecule has 3 nitrogen and oxygen atoms in total. The summed E-state index contributed by atoms with van der Waals surface area (Å²) in [6.07, 6.45) is 3.85. The molecule has 1 aromatic heterocycles. The summed E-state index contributed by atoms with van der Waals surface area (Å²) < 4.78 is 0. The summed E-state index contributed by atoms with van der Waals surface area (Å²) in [5, 5.41) is 1.05. The number of fused-ring (bicyclic) bond motifs is 1. The number of hydrogen-bond donors (Lipinski definition) is 1. The SMILES string of the molecule is CCC1(C)CCN(Cc2cc(N)c3ccccc3n2)CC1. The first-order valence-electron chi connectivity index (χ1n) is 7.96. The largest absolute Gasteiger partial charge is 0.398 e. The van der Waals surface area contributed by atoms with E-state index in [9.17, 15) is 0 Å². The molecule has 0 saturated carbocycles. The predicted octanol–water partition coefficient (Wildman–Crippen LogP) is 3.83. The van der Waals surface area contributed by atoms with Gasteiger partial charge in [-0.1, -0.05) is 38.5 Å². The van der Waals surface area contributed by atoms with Gasteiger partial charge in [-0.2, -0.15) is 0 Å². The molecule has 3 heteroatoms. The van der Waals surface area contributed by atoms with Crippen LogP contribution in [0.25, 0.3) is 10.9 Å². The van der Waals surface area contributed by atoms with Gasteiger partial charge in [0.2, 0.25) is 0 Å². The van der Waals surface area contributed by atoms with Gasteiger partial charge in [0.1, 0.15) is 0 Å². The lowest BCUT2D eigenvalue weighted by atomic mass is 9.78. The van der Waals surface area contributed by atoms with Gasteiger partial charge >= 0.3 is 0 Å². The van der Waals surface area contributed by atoms with Crippen molar-refractivity contribution in [3.05, 3.63) is 36.0 Å². The summed E-state index contributed by atoms with van der Waals surface area (Å²) in [6, 6.07) is 10.1. The third-order valence-electron chi connectivity index (χ3n) is 5.10. The van der Waals surface area contributed by atoms with E-state index in [0.717, 1.165) is 28.8 Å². The zero-order chi connectivity index (χ0) is 14.9. The van der Waals surface area contributed by atoms with E-state index in [4.69, 9.17) is 10.7 Å². The summed E-state index contributed by atoms with van der Waals surface area (Å²) in [5.41, 5.74) is 9.63. The van der Waals surface area contributed by atoms with Gasteiger partial charge in [-0.25, -0.2) is 0 Å². The highest BCUT2D eigenvalue weighted by Crippen LogP contribution is 2.34. The monoisotopic (exact) mass is 283 g/mol. The maximum atomic E-state index is 6.17. The van der Waals surface area contributed by atoms with Crippen molar-refractivity contribution in [1.29, 1.82) is 0 Å². The lowest BCUT2D eigenvalue weighted by Gasteiger charge is -2.38. The number of aromatic nitrogens is 1. The van der Waals surface area contributed by atoms with Crippen molar-refractivity contribution in [2.75, 3.05) is 18.8 Å². The van der Waals surface area contributed by atoms with Crippen molar-refractivity contribution in [3.8, 4) is 0 Å². The molecule has 2 aromatic rings. The van der Waals surface area contributed by atoms with Crippen LogP contribution >= 0.6 is 0 Å². The summed E-state index contributed by atoms with van der Waals surface area (Å²) in [6.45, 7) is 7.96. The van der Waals surface area contributed by atoms with E-state index in [1.165, 1.54) is 32.4 Å². The molecule has 0 spiro atoms. The van der Waals surface area contributed by atoms with Crippen molar-refractivity contribution in [2.45, 2.75) is 39.7 Å². The van der Waals surface area contributed by atoms with Crippen molar-refractivity contribution < 1.29 is 0 Å². The van der Waals surface area contributed by atoms with Crippen LogP contribution in [-0.2, 0) is 6.54 Å². The molecule has 1 aliphatic heterocycles. The summed E-state index contributed by atoms with van der Waals surface area (Å²) >= 11 is 0. The van der Waals surface area contributed by atoms with Gasteiger partial charge < -0.3 is 5.73 Å². The Morgan fingerprint density at radius 3 is 2.67 bits per heavy atom. The lowest BCUT2D eigenvalue weighted by Crippen LogP contribution is -2.38. The van der Waals surface area contributed by atoms with Gasteiger partial charge in [-0.3, -0.25) is 9.88 Å². The fourth-order valence-corrected chi connectivity index (χ4v) is 3.17. The van der Waals surface area contributed by atoms with E-state index in [1.807, 2.05) is 30.3 Å². The number of anilines is 1. The number of para-hydroxylation sites is 1. The van der Waals surface area contributed by atoms with E-state index in [1.54, 1.807) is 0 Å². The molecule has 1 aliphatic rings. The molecule has 0 bridgehead atoms. The van der Waals surface area contributed by atoms with Crippen molar-refractivity contribution in [1.82, 2.24) is 9.88 Å². The van der Waals surface area contributed by atoms with E-state index in [0.29, 0.717) is 5.41 Å². The smallest absolute Gasteiger partial charge is 0.0726 e. The minimum absolute atomic E-state index is 0.534. The molecule has 2 heterocycles. The molecule has 0 amide bonds. The molecule has 0 aliphatic carbocycles. The van der Waals surface area contributed by atoms with Crippen LogP contribution in [0.2, 0.25) is 0 Å². The highest BCUT2D eigenvalue weighted by molar-refractivity contribution is 5.90. The average Bonchev–Trinajstić information content (AvgIpc) is 2.50. The van der Waals surface area contributed by atoms with Crippen LogP contribution in [0.15, 0.2) is 30.3 Å². The number of rotatable bonds is 3. The first-order valence-corrected chi connectivity index (χ1v) is 7.96. The fourth-order valence-electron chi connectivity index (χ4n) is 3.17. The Morgan fingerprint density at radius 2 is 1.95 bits per heavy atom. The Bertz CT molecular complexity index is 627. The van der Waals surface area contributed by atoms with Crippen LogP contribution in [0.5, 0.6) is 0 Å². The van der Waals surface area contributed by atoms with Gasteiger partial charge in [-0.05, 0) is 43.5 Å². The van der Waals surface area contributed by atoms with Crippen LogP contribution in [0.3, 0.4) is 0 Å². The van der Waals surface area contributed by atoms with Crippen LogP contribution in [0, 0.1) is 5.41 Å². The topological polar surface area (TPSA) is 42.1 Å². The highest BCUT2D eigenvalue weighted by Gasteiger charge is 2.28. The number of piperidine rings is 1. The van der Waals surface area contributed by atoms with E-state index in [2.05, 4.69) is 18.7 Å². The van der Waals surface area contributed by atoms with Gasteiger partial charge in [0.15, 0.2) is 0 Å². The lowest BCUT2D eigenvalue weighted by molar-refractivity contribution is 0.109. The summed E-state index contributed by atoms with van der Waals surface area (Å²) in [5.74, 6) is 0. The maximum absolute atomic E-state index is 6.17. The van der Waals surface area contributed by atoms with E-state index >= 15 is 0 Å². The van der Waals surface area contributed by atoms with Gasteiger partial charge in [-0.15, -0.1) is 0 Å². The zero-order valence-electron chi connectivity index (χ0n) is 13.1. The molecule has 0 unspecified atom stereocenters. The summed E-state index contributed by atoms with van der Waals surface area (Å²) in [7, 11) is 0. The quantitative estimate of drug-likeness (QED) is 0.931. The molecule has 3 rings (SSSR count). The first kappa shape index (κ1) is 14.3. The molecule has 0 radical (unpaired) electrons. The number of benzene rings is 1. The normalized spacial score (nSPS) is 19.0. The highest BCUT2D eigenvalue weighted by atomic mass is 15.1. The van der Waals surface area contributed by atoms with Crippen LogP contribution < -0.4 is 5.73 Å². The second-order valence-corrected chi connectivity index (χ2v) is 6.66. The first-order chi connectivity index (χ1) is 10.1. The number of likely N-dealkylation sites (tertiary alicyclic amines) is 1. The standard InChI is InChI=1S/C18H25N3/c1-3-18(2)8-10-21(11-9-18)13-14-12-16(19)15-6-4-5-7-17(15)20-14/h4-7,12H,3,8-11,13H2,1-2H3,(H2,19,20). The molecule has 1 aromatic carbocycles. The maximum Gasteiger partial charge on any atom is 0.0726 e. The summed E-state index contributed by atoms with van der Waals surface area (Å²) in [4.78, 5) is 7.27. The number of hydrogen-bond acceptors (Lipinski definition) is 3. The minimum Gasteiger partial charge on any atom is -0.398 e. The van der Waals surface area contributed by atoms with Crippen molar-refractivity contribution >= 4 is 16.6 Å². The third-order valence-corrected chi connectivity index (χ3v) is 5.10. The molecular weight excluding hydrogens is 258 g/mol. The number of nitrogens with two attached hydrogens (primary N) is 1. The molecule has 1 fully saturated rings. The molecule has 1 saturated heterocycles. The van der Waals surface area contributed by atoms with Crippen LogP contribution in [0.4, 0.5) is 5.69 Å². The molecule has 112 valence electrons. The molecule has 21 heavy (non-hydrogen) atoms. The van der Waals surface area contributed by atoms with Crippen molar-refractivity contribution in [2.24, 2.45) is 5.41 Å². The Morgan fingerprint density at radius 1 is 1.24 bits per heavy atom. The van der Waals surface area contributed by atoms with Crippen molar-refractivity contribution in [3.63, 3.8) is 0 Å². The van der Waals surface area contributed by atoms with Gasteiger partial charge in [0, 0.05) is 17.6 Å². The third kappa shape index (κ3) is 3.03. The Kier molecular flexibility index (Phi) is 3.85. The average molecular weight is 283 g/mol. The van der Waals surface area contributed by atoms with Gasteiger partial charge in [0.25, 0.3) is 0 Å². The Balaban J connectivity index is 1.74. The Labute approximate surface area is 127 Å². The number of nitrogens with zero attached hydrogens (tertiary/aromatic N) is 2. The second kappa shape index (κ2) is 5.64. The molecule has 0 atom stereocenters. The fraction of sp³-hybridized carbons (Fsp3) is 0.500. The van der Waals surface area contributed by atoms with Gasteiger partial charge in [0.05, 0.1) is 11.2 Å². The second-order valence-electron chi connectivity index (χ2n) is 6.66. The van der Waals surface area contributed by atoms with E-state index < -0.39 is 0 Å². The van der Waals surface area contributed by atoms with Crippen LogP contribution in [-0.4, -0.2) is 23.0 Å². The van der Waals surface area contributed by atoms with E-state index in [-0.39, 0.29) is 0 Å². The minimum atomic E-state index is 0.534. The molecular formula is C18H25N3. The molecule has 2 N–H and O–H groups in total. The van der Waals surface area contributed by atoms with Crippen LogP contribution in [0.1, 0.15) is 38.8 Å². The number of nitrogen functional groups attached to an aromatic ring is 1. The number of pyridine rings is 1. The Hall–Kier alpha value is -1.61. The predicted molar refractivity (Wildman–Crippen MR) is 89.1 cm³/mol.